The molecule has 134 valence electrons. The van der Waals surface area contributed by atoms with Crippen LogP contribution in [0, 0.1) is 18.3 Å². The van der Waals surface area contributed by atoms with Crippen LogP contribution in [0.1, 0.15) is 28.3 Å². The predicted molar refractivity (Wildman–Crippen MR) is 99.9 cm³/mol. The lowest BCUT2D eigenvalue weighted by Gasteiger charge is -2.25. The molecule has 0 bridgehead atoms. The normalized spacial score (nSPS) is 15.8. The van der Waals surface area contributed by atoms with Crippen molar-refractivity contribution < 1.29 is 9.84 Å². The Labute approximate surface area is 156 Å². The van der Waals surface area contributed by atoms with Crippen molar-refractivity contribution in [2.24, 2.45) is 5.73 Å². The maximum absolute atomic E-state index is 9.90. The van der Waals surface area contributed by atoms with Crippen LogP contribution >= 0.6 is 0 Å². The Hall–Kier alpha value is -3.72. The number of phenolic OH excluding ortho intramolecular Hbond substituents is 1. The van der Waals surface area contributed by atoms with Crippen LogP contribution in [0.3, 0.4) is 0 Å². The number of aromatic nitrogens is 2. The lowest BCUT2D eigenvalue weighted by atomic mass is 9.84. The molecule has 27 heavy (non-hydrogen) atoms. The number of nitrogens with two attached hydrogens (primary N) is 1. The van der Waals surface area contributed by atoms with E-state index in [0.29, 0.717) is 18.0 Å². The summed E-state index contributed by atoms with van der Waals surface area (Å²) in [6.07, 6.45) is 0. The molecule has 3 aromatic rings. The van der Waals surface area contributed by atoms with Gasteiger partial charge in [-0.3, -0.25) is 0 Å². The van der Waals surface area contributed by atoms with Gasteiger partial charge in [-0.05, 0) is 30.2 Å². The first-order chi connectivity index (χ1) is 13.1. The molecule has 3 N–H and O–H groups in total. The van der Waals surface area contributed by atoms with Gasteiger partial charge in [0.15, 0.2) is 0 Å². The first kappa shape index (κ1) is 16.7. The van der Waals surface area contributed by atoms with Crippen molar-refractivity contribution in [3.05, 3.63) is 88.4 Å². The van der Waals surface area contributed by atoms with Gasteiger partial charge in [0.2, 0.25) is 11.8 Å². The molecule has 0 aliphatic carbocycles. The van der Waals surface area contributed by atoms with Gasteiger partial charge < -0.3 is 15.6 Å². The number of fused-ring (bicyclic) bond motifs is 1. The van der Waals surface area contributed by atoms with Crippen LogP contribution in [0.4, 0.5) is 0 Å². The Morgan fingerprint density at radius 1 is 1.22 bits per heavy atom. The van der Waals surface area contributed by atoms with Gasteiger partial charge in [-0.1, -0.05) is 42.5 Å². The number of ether oxygens (including phenoxy) is 1. The molecule has 0 fully saturated rings. The third kappa shape index (κ3) is 2.89. The number of hydrogen-bond donors (Lipinski definition) is 2. The Bertz CT molecular complexity index is 1080. The van der Waals surface area contributed by atoms with Crippen molar-refractivity contribution >= 4 is 0 Å². The molecule has 6 heteroatoms. The molecule has 1 aromatic heterocycles. The van der Waals surface area contributed by atoms with E-state index < -0.39 is 5.92 Å². The average Bonchev–Trinajstić information content (AvgIpc) is 2.96. The van der Waals surface area contributed by atoms with E-state index in [1.54, 1.807) is 22.9 Å². The van der Waals surface area contributed by atoms with Gasteiger partial charge >= 0.3 is 0 Å². The van der Waals surface area contributed by atoms with E-state index in [-0.39, 0.29) is 11.6 Å². The summed E-state index contributed by atoms with van der Waals surface area (Å²) in [6.45, 7) is 2.41. The third-order valence-electron chi connectivity index (χ3n) is 4.67. The van der Waals surface area contributed by atoms with E-state index in [4.69, 9.17) is 10.5 Å². The van der Waals surface area contributed by atoms with E-state index >= 15 is 0 Å². The molecule has 4 rings (SSSR count). The van der Waals surface area contributed by atoms with Crippen LogP contribution in [-0.2, 0) is 6.54 Å². The fourth-order valence-corrected chi connectivity index (χ4v) is 3.48. The number of benzene rings is 2. The second kappa shape index (κ2) is 6.54. The minimum atomic E-state index is -0.435. The maximum Gasteiger partial charge on any atom is 0.224 e. The average molecular weight is 358 g/mol. The number of rotatable bonds is 3. The summed E-state index contributed by atoms with van der Waals surface area (Å²) in [7, 11) is 0. The fraction of sp³-hybridized carbons (Fsp3) is 0.143. The topological polar surface area (TPSA) is 97.1 Å². The van der Waals surface area contributed by atoms with Crippen molar-refractivity contribution in [3.63, 3.8) is 0 Å². The lowest BCUT2D eigenvalue weighted by Crippen LogP contribution is -2.22. The van der Waals surface area contributed by atoms with Crippen LogP contribution in [-0.4, -0.2) is 14.9 Å². The number of aryl methyl sites for hydroxylation is 1. The van der Waals surface area contributed by atoms with Crippen molar-refractivity contribution in [2.75, 3.05) is 0 Å². The molecular formula is C21H18N4O2. The fourth-order valence-electron chi connectivity index (χ4n) is 3.48. The Kier molecular flexibility index (Phi) is 4.05. The zero-order valence-electron chi connectivity index (χ0n) is 14.8. The first-order valence-electron chi connectivity index (χ1n) is 8.56. The molecule has 0 saturated heterocycles. The molecule has 2 aromatic carbocycles. The molecular weight excluding hydrogens is 340 g/mol. The van der Waals surface area contributed by atoms with Gasteiger partial charge in [0, 0.05) is 0 Å². The lowest BCUT2D eigenvalue weighted by molar-refractivity contribution is 0.352. The highest BCUT2D eigenvalue weighted by Gasteiger charge is 2.35. The van der Waals surface area contributed by atoms with Gasteiger partial charge in [-0.15, -0.1) is 0 Å². The number of allylic oxidation sites excluding steroid dienone is 1. The van der Waals surface area contributed by atoms with Gasteiger partial charge in [0.05, 0.1) is 23.7 Å². The highest BCUT2D eigenvalue weighted by atomic mass is 16.5. The molecule has 1 aliphatic rings. The largest absolute Gasteiger partial charge is 0.508 e. The number of nitrogens with zero attached hydrogens (tertiary/aromatic N) is 3. The number of hydrogen-bond acceptors (Lipinski definition) is 5. The van der Waals surface area contributed by atoms with E-state index in [2.05, 4.69) is 11.2 Å². The molecule has 0 amide bonds. The quantitative estimate of drug-likeness (QED) is 0.749. The Morgan fingerprint density at radius 3 is 2.70 bits per heavy atom. The summed E-state index contributed by atoms with van der Waals surface area (Å²) >= 11 is 0. The van der Waals surface area contributed by atoms with E-state index in [9.17, 15) is 10.4 Å². The van der Waals surface area contributed by atoms with Crippen LogP contribution in [0.2, 0.25) is 0 Å². The second-order valence-corrected chi connectivity index (χ2v) is 6.47. The predicted octanol–water partition coefficient (Wildman–Crippen LogP) is 3.16. The number of aromatic hydroxyl groups is 1. The summed E-state index contributed by atoms with van der Waals surface area (Å²) in [5.74, 6) is 0.287. The van der Waals surface area contributed by atoms with Crippen LogP contribution in [0.15, 0.2) is 66.1 Å². The molecule has 0 spiro atoms. The minimum Gasteiger partial charge on any atom is -0.508 e. The highest BCUT2D eigenvalue weighted by Crippen LogP contribution is 2.44. The van der Waals surface area contributed by atoms with Crippen molar-refractivity contribution in [2.45, 2.75) is 19.4 Å². The van der Waals surface area contributed by atoms with Crippen molar-refractivity contribution in [3.8, 4) is 17.7 Å². The highest BCUT2D eigenvalue weighted by molar-refractivity contribution is 5.56. The molecule has 1 atom stereocenters. The zero-order valence-corrected chi connectivity index (χ0v) is 14.8. The Balaban J connectivity index is 1.86. The second-order valence-electron chi connectivity index (χ2n) is 6.47. The summed E-state index contributed by atoms with van der Waals surface area (Å²) in [6, 6.07) is 18.9. The minimum absolute atomic E-state index is 0.0626. The van der Waals surface area contributed by atoms with E-state index in [0.717, 1.165) is 22.4 Å². The maximum atomic E-state index is 9.90. The van der Waals surface area contributed by atoms with E-state index in [1.807, 2.05) is 43.3 Å². The number of nitriles is 1. The smallest absolute Gasteiger partial charge is 0.224 e. The van der Waals surface area contributed by atoms with Crippen LogP contribution in [0.25, 0.3) is 0 Å². The molecule has 0 saturated carbocycles. The van der Waals surface area contributed by atoms with Gasteiger partial charge in [0.1, 0.15) is 17.4 Å². The van der Waals surface area contributed by atoms with Gasteiger partial charge in [-0.2, -0.15) is 10.4 Å². The van der Waals surface area contributed by atoms with Crippen LogP contribution < -0.4 is 10.5 Å². The molecule has 2 heterocycles. The number of phenols is 1. The van der Waals surface area contributed by atoms with Crippen molar-refractivity contribution in [1.29, 1.82) is 5.26 Å². The SMILES string of the molecule is Cc1nn(Cc2ccccc2)c2c1C(c1cccc(O)c1)C(C#N)=C(N)O2. The first-order valence-corrected chi connectivity index (χ1v) is 8.56. The summed E-state index contributed by atoms with van der Waals surface area (Å²) in [4.78, 5) is 0. The van der Waals surface area contributed by atoms with Crippen molar-refractivity contribution in [1.82, 2.24) is 9.78 Å². The van der Waals surface area contributed by atoms with Crippen LogP contribution in [0.5, 0.6) is 11.6 Å². The summed E-state index contributed by atoms with van der Waals surface area (Å²) < 4.78 is 7.58. The van der Waals surface area contributed by atoms with Gasteiger partial charge in [-0.25, -0.2) is 4.68 Å². The third-order valence-corrected chi connectivity index (χ3v) is 4.67. The molecule has 1 aliphatic heterocycles. The van der Waals surface area contributed by atoms with Gasteiger partial charge in [0.25, 0.3) is 0 Å². The summed E-state index contributed by atoms with van der Waals surface area (Å²) in [5, 5.41) is 24.2. The Morgan fingerprint density at radius 2 is 2.00 bits per heavy atom. The molecule has 1 unspecified atom stereocenters. The van der Waals surface area contributed by atoms with E-state index in [1.165, 1.54) is 0 Å². The zero-order chi connectivity index (χ0) is 19.0. The monoisotopic (exact) mass is 358 g/mol. The molecule has 0 radical (unpaired) electrons. The standard InChI is InChI=1S/C21H18N4O2/c1-13-18-19(15-8-5-9-16(26)10-15)17(11-22)20(23)27-21(18)25(24-13)12-14-6-3-2-4-7-14/h2-10,19,26H,12,23H2,1H3. The summed E-state index contributed by atoms with van der Waals surface area (Å²) in [5.41, 5.74) is 9.78. The molecule has 6 nitrogen and oxygen atoms in total.